The van der Waals surface area contributed by atoms with Crippen LogP contribution < -0.4 is 14.9 Å². The summed E-state index contributed by atoms with van der Waals surface area (Å²) >= 11 is 0. The number of rotatable bonds is 10. The summed E-state index contributed by atoms with van der Waals surface area (Å²) in [6, 6.07) is 9.49. The molecule has 2 aliphatic rings. The largest absolute Gasteiger partial charge is 0.508 e. The lowest BCUT2D eigenvalue weighted by Gasteiger charge is -2.45. The van der Waals surface area contributed by atoms with Gasteiger partial charge >= 0.3 is 5.97 Å². The van der Waals surface area contributed by atoms with Crippen LogP contribution in [0, 0.1) is 0 Å². The van der Waals surface area contributed by atoms with Crippen LogP contribution in [0.1, 0.15) is 12.5 Å². The highest BCUT2D eigenvalue weighted by atomic mass is 16.8. The van der Waals surface area contributed by atoms with Gasteiger partial charge in [0.25, 0.3) is 0 Å². The van der Waals surface area contributed by atoms with Crippen molar-refractivity contribution in [1.29, 1.82) is 0 Å². The number of methoxy groups -OCH3 is 1. The van der Waals surface area contributed by atoms with Gasteiger partial charge in [0.2, 0.25) is 17.5 Å². The van der Waals surface area contributed by atoms with Crippen LogP contribution in [0.15, 0.2) is 63.8 Å². The number of carbonyl (C=O) groups excluding carboxylic acids is 1. The zero-order valence-electron chi connectivity index (χ0n) is 29.4. The molecule has 10 atom stereocenters. The molecule has 1 aromatic heterocycles. The molecule has 0 radical (unpaired) electrons. The molecule has 0 aliphatic carbocycles. The smallest absolute Gasteiger partial charge is 0.330 e. The van der Waals surface area contributed by atoms with E-state index >= 15 is 0 Å². The Morgan fingerprint density at radius 1 is 0.786 bits per heavy atom. The van der Waals surface area contributed by atoms with Gasteiger partial charge < -0.3 is 83.9 Å². The number of benzene rings is 3. The number of aliphatic hydroxyl groups excluding tert-OH is 5. The maximum atomic E-state index is 13.9. The molecule has 0 unspecified atom stereocenters. The van der Waals surface area contributed by atoms with E-state index in [1.54, 1.807) is 0 Å². The highest BCUT2D eigenvalue weighted by Gasteiger charge is 2.51. The summed E-state index contributed by atoms with van der Waals surface area (Å²) in [7, 11) is 1.35. The minimum atomic E-state index is -2.02. The van der Waals surface area contributed by atoms with Crippen LogP contribution in [-0.4, -0.2) is 132 Å². The second-order valence-electron chi connectivity index (χ2n) is 12.9. The van der Waals surface area contributed by atoms with Crippen molar-refractivity contribution in [3.8, 4) is 51.6 Å². The molecule has 0 saturated carbocycles. The standard InChI is InChI=1S/C37H38O19/c1-14-27(44)31(48)35(56-36-32(49)30(47)28(45)24(54-36)13-51-25(43)8-4-15-3-6-19(40)22(9-15)50-2)37(52-14)55-34-29(46)26-21(42)11-17(38)12-23(26)53-33(34)16-5-7-18(39)20(41)10-16/h3-12,14,24,27-28,30-32,35-42,44-45,47-49H,13H2,1-2H3/b8-4+/t14-,24+,27-,28+,30-,31+,32+,35+,36-,37-/m0/s1. The zero-order valence-corrected chi connectivity index (χ0v) is 29.4. The van der Waals surface area contributed by atoms with Gasteiger partial charge in [0, 0.05) is 23.8 Å². The normalized spacial score (nSPS) is 28.0. The second-order valence-corrected chi connectivity index (χ2v) is 12.9. The van der Waals surface area contributed by atoms with E-state index in [1.807, 2.05) is 0 Å². The minimum Gasteiger partial charge on any atom is -0.508 e. The van der Waals surface area contributed by atoms with Gasteiger partial charge in [-0.3, -0.25) is 4.79 Å². The first-order valence-electron chi connectivity index (χ1n) is 16.9. The molecule has 56 heavy (non-hydrogen) atoms. The van der Waals surface area contributed by atoms with Crippen molar-refractivity contribution in [3.05, 3.63) is 70.4 Å². The Labute approximate surface area is 315 Å². The van der Waals surface area contributed by atoms with Gasteiger partial charge in [-0.05, 0) is 48.9 Å². The molecular formula is C37H38O19. The van der Waals surface area contributed by atoms with Gasteiger partial charge in [0.15, 0.2) is 41.2 Å². The van der Waals surface area contributed by atoms with Crippen molar-refractivity contribution in [2.75, 3.05) is 13.7 Å². The third-order valence-electron chi connectivity index (χ3n) is 9.14. The van der Waals surface area contributed by atoms with E-state index in [0.717, 1.165) is 30.3 Å². The van der Waals surface area contributed by atoms with Crippen molar-refractivity contribution in [2.24, 2.45) is 0 Å². The van der Waals surface area contributed by atoms with E-state index in [9.17, 15) is 60.7 Å². The molecule has 0 amide bonds. The van der Waals surface area contributed by atoms with Gasteiger partial charge in [-0.25, -0.2) is 4.79 Å². The molecule has 2 aliphatic heterocycles. The van der Waals surface area contributed by atoms with Crippen molar-refractivity contribution < 1.29 is 88.7 Å². The van der Waals surface area contributed by atoms with Crippen LogP contribution >= 0.6 is 0 Å². The first-order chi connectivity index (χ1) is 26.6. The van der Waals surface area contributed by atoms with E-state index in [2.05, 4.69) is 0 Å². The highest BCUT2D eigenvalue weighted by molar-refractivity contribution is 5.88. The summed E-state index contributed by atoms with van der Waals surface area (Å²) in [5.74, 6) is -4.36. The molecule has 19 heteroatoms. The molecule has 3 heterocycles. The monoisotopic (exact) mass is 786 g/mol. The Morgan fingerprint density at radius 3 is 2.23 bits per heavy atom. The number of ether oxygens (including phenoxy) is 6. The lowest BCUT2D eigenvalue weighted by molar-refractivity contribution is -0.355. The number of hydrogen-bond donors (Lipinski definition) is 10. The van der Waals surface area contributed by atoms with Crippen LogP contribution in [0.25, 0.3) is 28.4 Å². The van der Waals surface area contributed by atoms with Gasteiger partial charge in [-0.1, -0.05) is 6.07 Å². The SMILES string of the molecule is COc1cc(/C=C/C(=O)OC[C@H]2O[C@@H](O[C@H]3[C@H](Oc4c(-c5ccc(O)c(O)c5)oc5cc(O)cc(O)c5c4=O)O[C@@H](C)[C@H](O)[C@H]3O)[C@H](O)[C@@H](O)[C@@H]2O)ccc1O. The molecule has 0 bridgehead atoms. The van der Waals surface area contributed by atoms with Crippen molar-refractivity contribution >= 4 is 23.0 Å². The molecule has 4 aromatic rings. The topological polar surface area (TPSA) is 305 Å². The molecular weight excluding hydrogens is 748 g/mol. The average Bonchev–Trinajstić information content (AvgIpc) is 3.16. The van der Waals surface area contributed by atoms with E-state index in [-0.39, 0.29) is 22.6 Å². The second kappa shape index (κ2) is 16.2. The van der Waals surface area contributed by atoms with Gasteiger partial charge in [-0.15, -0.1) is 0 Å². The number of carbonyl (C=O) groups is 1. The van der Waals surface area contributed by atoms with E-state index < -0.39 is 119 Å². The predicted octanol–water partition coefficient (Wildman–Crippen LogP) is 0.291. The third-order valence-corrected chi connectivity index (χ3v) is 9.14. The molecule has 6 rings (SSSR count). The van der Waals surface area contributed by atoms with Crippen molar-refractivity contribution in [1.82, 2.24) is 0 Å². The summed E-state index contributed by atoms with van der Waals surface area (Å²) in [4.78, 5) is 26.5. The Bertz CT molecular complexity index is 2170. The predicted molar refractivity (Wildman–Crippen MR) is 188 cm³/mol. The number of fused-ring (bicyclic) bond motifs is 1. The number of phenolic OH excluding ortho intramolecular Hbond substituents is 5. The number of hydrogen-bond acceptors (Lipinski definition) is 19. The van der Waals surface area contributed by atoms with Crippen LogP contribution in [0.2, 0.25) is 0 Å². The van der Waals surface area contributed by atoms with Gasteiger partial charge in [0.1, 0.15) is 65.7 Å². The molecule has 300 valence electrons. The summed E-state index contributed by atoms with van der Waals surface area (Å²) in [6.07, 6.45) is -15.4. The number of aliphatic hydroxyl groups is 5. The number of esters is 1. The summed E-state index contributed by atoms with van der Waals surface area (Å²) < 4.78 is 39.3. The van der Waals surface area contributed by atoms with Crippen molar-refractivity contribution in [3.63, 3.8) is 0 Å². The van der Waals surface area contributed by atoms with Gasteiger partial charge in [0.05, 0.1) is 13.2 Å². The molecule has 19 nitrogen and oxygen atoms in total. The lowest BCUT2D eigenvalue weighted by Crippen LogP contribution is -2.64. The van der Waals surface area contributed by atoms with E-state index in [4.69, 9.17) is 32.8 Å². The molecule has 2 fully saturated rings. The van der Waals surface area contributed by atoms with Crippen molar-refractivity contribution in [2.45, 2.75) is 68.3 Å². The summed E-state index contributed by atoms with van der Waals surface area (Å²) in [5, 5.41) is 104. The highest BCUT2D eigenvalue weighted by Crippen LogP contribution is 2.40. The van der Waals surface area contributed by atoms with Crippen LogP contribution in [0.3, 0.4) is 0 Å². The minimum absolute atomic E-state index is 0.0581. The fourth-order valence-corrected chi connectivity index (χ4v) is 6.08. The van der Waals surface area contributed by atoms with Crippen LogP contribution in [0.4, 0.5) is 0 Å². The maximum absolute atomic E-state index is 13.9. The summed E-state index contributed by atoms with van der Waals surface area (Å²) in [5.41, 5.74) is -0.963. The van der Waals surface area contributed by atoms with Crippen LogP contribution in [0.5, 0.6) is 40.2 Å². The number of phenols is 5. The Balaban J connectivity index is 1.27. The molecule has 3 aromatic carbocycles. The Hall–Kier alpha value is -5.64. The maximum Gasteiger partial charge on any atom is 0.330 e. The average molecular weight is 787 g/mol. The third kappa shape index (κ3) is 8.01. The first-order valence-corrected chi connectivity index (χ1v) is 16.9. The Morgan fingerprint density at radius 2 is 1.52 bits per heavy atom. The van der Waals surface area contributed by atoms with E-state index in [0.29, 0.717) is 5.56 Å². The van der Waals surface area contributed by atoms with E-state index in [1.165, 1.54) is 44.4 Å². The molecule has 0 spiro atoms. The fourth-order valence-electron chi connectivity index (χ4n) is 6.08. The first kappa shape index (κ1) is 40.0. The zero-order chi connectivity index (χ0) is 40.6. The summed E-state index contributed by atoms with van der Waals surface area (Å²) in [6.45, 7) is 0.663. The molecule has 10 N–H and O–H groups in total. The molecule has 2 saturated heterocycles. The number of aromatic hydroxyl groups is 5. The fraction of sp³-hybridized carbons (Fsp3) is 0.351. The Kier molecular flexibility index (Phi) is 11.6. The van der Waals surface area contributed by atoms with Gasteiger partial charge in [-0.2, -0.15) is 0 Å². The van der Waals surface area contributed by atoms with Crippen LogP contribution in [-0.2, 0) is 23.7 Å². The quantitative estimate of drug-likeness (QED) is 0.0587. The lowest BCUT2D eigenvalue weighted by atomic mass is 9.97.